The van der Waals surface area contributed by atoms with Gasteiger partial charge >= 0.3 is 0 Å². The van der Waals surface area contributed by atoms with E-state index in [-0.39, 0.29) is 5.54 Å². The Hall–Kier alpha value is -0.770. The summed E-state index contributed by atoms with van der Waals surface area (Å²) >= 11 is 6.21. The summed E-state index contributed by atoms with van der Waals surface area (Å²) in [6, 6.07) is 6.76. The molecule has 4 heteroatoms. The summed E-state index contributed by atoms with van der Waals surface area (Å²) in [7, 11) is 0. The van der Waals surface area contributed by atoms with Crippen LogP contribution in [-0.2, 0) is 0 Å². The molecule has 0 bridgehead atoms. The lowest BCUT2D eigenvalue weighted by Crippen LogP contribution is -2.54. The molecule has 3 N–H and O–H groups in total. The first-order valence-electron chi connectivity index (χ1n) is 7.44. The molecule has 0 saturated carbocycles. The summed E-state index contributed by atoms with van der Waals surface area (Å²) in [5, 5.41) is 4.44. The molecule has 1 aliphatic heterocycles. The molecule has 1 aromatic rings. The lowest BCUT2D eigenvalue weighted by Gasteiger charge is -2.43. The van der Waals surface area contributed by atoms with Gasteiger partial charge in [0.05, 0.1) is 5.54 Å². The maximum atomic E-state index is 6.21. The molecule has 1 aromatic carbocycles. The Balaban J connectivity index is 2.07. The number of anilines is 1. The average Bonchev–Trinajstić information content (AvgIpc) is 2.43. The van der Waals surface area contributed by atoms with Gasteiger partial charge in [-0.2, -0.15) is 0 Å². The first-order chi connectivity index (χ1) is 9.46. The molecule has 0 amide bonds. The minimum absolute atomic E-state index is 0.00395. The Bertz CT molecular complexity index is 451. The van der Waals surface area contributed by atoms with Crippen LogP contribution in [0.5, 0.6) is 0 Å². The molecule has 0 spiro atoms. The van der Waals surface area contributed by atoms with E-state index in [1.807, 2.05) is 13.0 Å². The van der Waals surface area contributed by atoms with Gasteiger partial charge in [0.2, 0.25) is 0 Å². The Morgan fingerprint density at radius 2 is 2.00 bits per heavy atom. The molecule has 1 heterocycles. The van der Waals surface area contributed by atoms with Gasteiger partial charge in [0.1, 0.15) is 0 Å². The second-order valence-electron chi connectivity index (χ2n) is 6.20. The smallest absolute Gasteiger partial charge is 0.0520 e. The van der Waals surface area contributed by atoms with E-state index in [4.69, 9.17) is 17.3 Å². The summed E-state index contributed by atoms with van der Waals surface area (Å²) in [5.41, 5.74) is 8.24. The number of halogens is 1. The SMILES string of the molecule is Cc1ccc(NC2(CN)CCN(C(C)C)CC2)cc1Cl. The number of hydrogen-bond donors (Lipinski definition) is 2. The summed E-state index contributed by atoms with van der Waals surface area (Å²) < 4.78 is 0. The Morgan fingerprint density at radius 1 is 1.35 bits per heavy atom. The van der Waals surface area contributed by atoms with Gasteiger partial charge < -0.3 is 16.0 Å². The number of piperidine rings is 1. The maximum Gasteiger partial charge on any atom is 0.0520 e. The predicted molar refractivity (Wildman–Crippen MR) is 87.5 cm³/mol. The highest BCUT2D eigenvalue weighted by Crippen LogP contribution is 2.29. The normalized spacial score (nSPS) is 19.3. The predicted octanol–water partition coefficient (Wildman–Crippen LogP) is 3.26. The lowest BCUT2D eigenvalue weighted by molar-refractivity contribution is 0.144. The highest BCUT2D eigenvalue weighted by atomic mass is 35.5. The minimum Gasteiger partial charge on any atom is -0.378 e. The maximum absolute atomic E-state index is 6.21. The third kappa shape index (κ3) is 3.46. The van der Waals surface area contributed by atoms with Crippen molar-refractivity contribution in [3.05, 3.63) is 28.8 Å². The second-order valence-corrected chi connectivity index (χ2v) is 6.61. The zero-order valence-electron chi connectivity index (χ0n) is 12.7. The van der Waals surface area contributed by atoms with Crippen molar-refractivity contribution in [3.8, 4) is 0 Å². The molecule has 0 aromatic heterocycles. The highest BCUT2D eigenvalue weighted by Gasteiger charge is 2.33. The summed E-state index contributed by atoms with van der Waals surface area (Å²) in [4.78, 5) is 2.51. The fourth-order valence-corrected chi connectivity index (χ4v) is 3.01. The Kier molecular flexibility index (Phi) is 4.95. The van der Waals surface area contributed by atoms with Crippen molar-refractivity contribution in [3.63, 3.8) is 0 Å². The number of rotatable bonds is 4. The van der Waals surface area contributed by atoms with Gasteiger partial charge in [-0.1, -0.05) is 17.7 Å². The van der Waals surface area contributed by atoms with Crippen LogP contribution < -0.4 is 11.1 Å². The standard InChI is InChI=1S/C16H26ClN3/c1-12(2)20-8-6-16(11-18,7-9-20)19-14-5-4-13(3)15(17)10-14/h4-5,10,12,19H,6-9,11,18H2,1-3H3. The molecule has 3 nitrogen and oxygen atoms in total. The second kappa shape index (κ2) is 6.33. The van der Waals surface area contributed by atoms with E-state index in [9.17, 15) is 0 Å². The number of nitrogens with zero attached hydrogens (tertiary/aromatic N) is 1. The van der Waals surface area contributed by atoms with Crippen LogP contribution in [0.15, 0.2) is 18.2 Å². The molecule has 0 aliphatic carbocycles. The van der Waals surface area contributed by atoms with E-state index in [0.717, 1.165) is 42.2 Å². The molecule has 2 rings (SSSR count). The van der Waals surface area contributed by atoms with Crippen LogP contribution in [0.25, 0.3) is 0 Å². The van der Waals surface area contributed by atoms with Gasteiger partial charge in [-0.15, -0.1) is 0 Å². The topological polar surface area (TPSA) is 41.3 Å². The third-order valence-electron chi connectivity index (χ3n) is 4.46. The minimum atomic E-state index is 0.00395. The fraction of sp³-hybridized carbons (Fsp3) is 0.625. The average molecular weight is 296 g/mol. The van der Waals surface area contributed by atoms with Crippen LogP contribution in [-0.4, -0.2) is 36.1 Å². The third-order valence-corrected chi connectivity index (χ3v) is 4.86. The Morgan fingerprint density at radius 3 is 2.50 bits per heavy atom. The number of aryl methyl sites for hydroxylation is 1. The quantitative estimate of drug-likeness (QED) is 0.896. The van der Waals surface area contributed by atoms with Crippen molar-refractivity contribution in [2.75, 3.05) is 25.0 Å². The molecule has 112 valence electrons. The molecule has 1 saturated heterocycles. The van der Waals surface area contributed by atoms with Gasteiger partial charge in [-0.3, -0.25) is 0 Å². The van der Waals surface area contributed by atoms with Crippen molar-refractivity contribution < 1.29 is 0 Å². The van der Waals surface area contributed by atoms with E-state index in [2.05, 4.69) is 36.2 Å². The molecule has 0 unspecified atom stereocenters. The Labute approximate surface area is 127 Å². The summed E-state index contributed by atoms with van der Waals surface area (Å²) in [5.74, 6) is 0. The van der Waals surface area contributed by atoms with E-state index < -0.39 is 0 Å². The first kappa shape index (κ1) is 15.6. The number of benzene rings is 1. The lowest BCUT2D eigenvalue weighted by atomic mass is 9.86. The van der Waals surface area contributed by atoms with E-state index in [0.29, 0.717) is 12.6 Å². The molecular weight excluding hydrogens is 270 g/mol. The zero-order chi connectivity index (χ0) is 14.8. The van der Waals surface area contributed by atoms with Crippen LogP contribution in [0.3, 0.4) is 0 Å². The van der Waals surface area contributed by atoms with Gasteiger partial charge in [0.25, 0.3) is 0 Å². The van der Waals surface area contributed by atoms with Crippen molar-refractivity contribution in [2.24, 2.45) is 5.73 Å². The van der Waals surface area contributed by atoms with Crippen LogP contribution in [0.2, 0.25) is 5.02 Å². The molecule has 0 atom stereocenters. The van der Waals surface area contributed by atoms with Crippen molar-refractivity contribution >= 4 is 17.3 Å². The van der Waals surface area contributed by atoms with Crippen molar-refractivity contribution in [1.82, 2.24) is 4.90 Å². The number of nitrogens with two attached hydrogens (primary N) is 1. The van der Waals surface area contributed by atoms with E-state index in [1.54, 1.807) is 0 Å². The van der Waals surface area contributed by atoms with Crippen LogP contribution in [0.4, 0.5) is 5.69 Å². The molecule has 20 heavy (non-hydrogen) atoms. The van der Waals surface area contributed by atoms with Crippen LogP contribution >= 0.6 is 11.6 Å². The van der Waals surface area contributed by atoms with Crippen LogP contribution in [0.1, 0.15) is 32.3 Å². The number of nitrogens with one attached hydrogen (secondary N) is 1. The molecule has 1 fully saturated rings. The molecule has 0 radical (unpaired) electrons. The summed E-state index contributed by atoms with van der Waals surface area (Å²) in [6.45, 7) is 9.38. The van der Waals surface area contributed by atoms with Crippen molar-refractivity contribution in [2.45, 2.75) is 45.2 Å². The van der Waals surface area contributed by atoms with E-state index in [1.165, 1.54) is 0 Å². The van der Waals surface area contributed by atoms with Crippen LogP contribution in [0, 0.1) is 6.92 Å². The fourth-order valence-electron chi connectivity index (χ4n) is 2.83. The van der Waals surface area contributed by atoms with Crippen molar-refractivity contribution in [1.29, 1.82) is 0 Å². The first-order valence-corrected chi connectivity index (χ1v) is 7.82. The molecular formula is C16H26ClN3. The highest BCUT2D eigenvalue weighted by molar-refractivity contribution is 6.31. The number of likely N-dealkylation sites (tertiary alicyclic amines) is 1. The summed E-state index contributed by atoms with van der Waals surface area (Å²) in [6.07, 6.45) is 2.15. The largest absolute Gasteiger partial charge is 0.378 e. The van der Waals surface area contributed by atoms with Gasteiger partial charge in [-0.25, -0.2) is 0 Å². The van der Waals surface area contributed by atoms with Gasteiger partial charge in [0, 0.05) is 36.4 Å². The monoisotopic (exact) mass is 295 g/mol. The number of hydrogen-bond acceptors (Lipinski definition) is 3. The molecule has 1 aliphatic rings. The zero-order valence-corrected chi connectivity index (χ0v) is 13.5. The van der Waals surface area contributed by atoms with Gasteiger partial charge in [-0.05, 0) is 51.3 Å². The van der Waals surface area contributed by atoms with Gasteiger partial charge in [0.15, 0.2) is 0 Å². The van der Waals surface area contributed by atoms with E-state index >= 15 is 0 Å².